The highest BCUT2D eigenvalue weighted by Gasteiger charge is 2.24. The van der Waals surface area contributed by atoms with E-state index < -0.39 is 0 Å². The second-order valence-electron chi connectivity index (χ2n) is 6.97. The van der Waals surface area contributed by atoms with Crippen molar-refractivity contribution in [3.05, 3.63) is 29.8 Å². The van der Waals surface area contributed by atoms with Gasteiger partial charge in [-0.3, -0.25) is 0 Å². The molecule has 1 aliphatic heterocycles. The summed E-state index contributed by atoms with van der Waals surface area (Å²) >= 11 is 4.05. The van der Waals surface area contributed by atoms with Crippen molar-refractivity contribution in [3.8, 4) is 0 Å². The van der Waals surface area contributed by atoms with E-state index in [1.54, 1.807) is 0 Å². The number of thioether (sulfide) groups is 2. The highest BCUT2D eigenvalue weighted by Crippen LogP contribution is 2.28. The van der Waals surface area contributed by atoms with Crippen LogP contribution in [0, 0.1) is 0 Å². The lowest BCUT2D eigenvalue weighted by molar-refractivity contribution is 0.615. The minimum atomic E-state index is 0. The molecule has 1 aromatic carbocycles. The Labute approximate surface area is 190 Å². The molecular weight excluding hydrogens is 487 g/mol. The van der Waals surface area contributed by atoms with Crippen LogP contribution in [-0.2, 0) is 6.54 Å². The van der Waals surface area contributed by atoms with E-state index in [4.69, 9.17) is 4.99 Å². The maximum atomic E-state index is 4.81. The fourth-order valence-electron chi connectivity index (χ4n) is 3.60. The molecule has 0 radical (unpaired) electrons. The number of halogens is 1. The second-order valence-corrected chi connectivity index (χ2v) is 9.34. The third-order valence-corrected chi connectivity index (χ3v) is 7.17. The first kappa shape index (κ1) is 23.0. The van der Waals surface area contributed by atoms with Crippen molar-refractivity contribution in [1.82, 2.24) is 10.6 Å². The van der Waals surface area contributed by atoms with Crippen molar-refractivity contribution >= 4 is 59.1 Å². The monoisotopic (exact) mass is 520 g/mol. The van der Waals surface area contributed by atoms with Crippen LogP contribution in [0.4, 0.5) is 5.69 Å². The Hall–Kier alpha value is -0.280. The Kier molecular flexibility index (Phi) is 10.5. The van der Waals surface area contributed by atoms with Crippen molar-refractivity contribution in [1.29, 1.82) is 0 Å². The van der Waals surface area contributed by atoms with E-state index in [2.05, 4.69) is 64.7 Å². The first-order chi connectivity index (χ1) is 12.8. The molecule has 7 heteroatoms. The van der Waals surface area contributed by atoms with Crippen LogP contribution >= 0.6 is 47.5 Å². The van der Waals surface area contributed by atoms with Gasteiger partial charge in [-0.1, -0.05) is 12.1 Å². The Morgan fingerprint density at radius 3 is 2.59 bits per heavy atom. The van der Waals surface area contributed by atoms with Crippen LogP contribution in [0.1, 0.15) is 31.7 Å². The molecule has 0 amide bonds. The van der Waals surface area contributed by atoms with E-state index in [-0.39, 0.29) is 24.0 Å². The van der Waals surface area contributed by atoms with E-state index in [1.165, 1.54) is 42.0 Å². The Morgan fingerprint density at radius 1 is 1.22 bits per heavy atom. The number of nitrogens with zero attached hydrogens (tertiary/aromatic N) is 2. The summed E-state index contributed by atoms with van der Waals surface area (Å²) < 4.78 is 0. The van der Waals surface area contributed by atoms with Gasteiger partial charge in [0.05, 0.1) is 6.54 Å². The lowest BCUT2D eigenvalue weighted by Crippen LogP contribution is -2.42. The zero-order chi connectivity index (χ0) is 18.2. The lowest BCUT2D eigenvalue weighted by Gasteiger charge is -2.28. The molecule has 0 spiro atoms. The van der Waals surface area contributed by atoms with Gasteiger partial charge < -0.3 is 15.5 Å². The number of guanidine groups is 1. The summed E-state index contributed by atoms with van der Waals surface area (Å²) in [6, 6.07) is 9.51. The Balaban J connectivity index is 0.00000261. The van der Waals surface area contributed by atoms with Gasteiger partial charge in [0.2, 0.25) is 0 Å². The van der Waals surface area contributed by atoms with Crippen LogP contribution in [0.15, 0.2) is 29.3 Å². The summed E-state index contributed by atoms with van der Waals surface area (Å²) in [7, 11) is 0. The summed E-state index contributed by atoms with van der Waals surface area (Å²) in [5, 5.41) is 7.83. The summed E-state index contributed by atoms with van der Waals surface area (Å²) in [6.45, 7) is 6.08. The number of nitrogens with one attached hydrogen (secondary N) is 2. The largest absolute Gasteiger partial charge is 0.370 e. The molecule has 1 aliphatic carbocycles. The summed E-state index contributed by atoms with van der Waals surface area (Å²) in [5.74, 6) is 3.43. The van der Waals surface area contributed by atoms with Gasteiger partial charge in [-0.05, 0) is 50.1 Å². The van der Waals surface area contributed by atoms with Crippen molar-refractivity contribution in [2.75, 3.05) is 42.3 Å². The standard InChI is InChI=1S/C20H32N4S2.HI/c1-3-21-20(23-17-6-9-19(14-17)25-2)22-15-16-4-7-18(8-5-16)24-10-12-26-13-11-24;/h4-5,7-8,17,19H,3,6,9-15H2,1-2H3,(H2,21,22,23);1H. The van der Waals surface area contributed by atoms with Crippen molar-refractivity contribution in [3.63, 3.8) is 0 Å². The lowest BCUT2D eigenvalue weighted by atomic mass is 10.2. The van der Waals surface area contributed by atoms with E-state index >= 15 is 0 Å². The summed E-state index contributed by atoms with van der Waals surface area (Å²) in [5.41, 5.74) is 2.61. The average molecular weight is 521 g/mol. The first-order valence-electron chi connectivity index (χ1n) is 9.77. The predicted molar refractivity (Wildman–Crippen MR) is 134 cm³/mol. The molecule has 1 aromatic rings. The maximum absolute atomic E-state index is 4.81. The smallest absolute Gasteiger partial charge is 0.191 e. The van der Waals surface area contributed by atoms with Gasteiger partial charge in [-0.25, -0.2) is 4.99 Å². The molecule has 1 heterocycles. The number of hydrogen-bond donors (Lipinski definition) is 2. The van der Waals surface area contributed by atoms with E-state index in [0.29, 0.717) is 6.04 Å². The van der Waals surface area contributed by atoms with Gasteiger partial charge in [0.25, 0.3) is 0 Å². The molecule has 152 valence electrons. The van der Waals surface area contributed by atoms with Crippen LogP contribution in [0.3, 0.4) is 0 Å². The third-order valence-electron chi connectivity index (χ3n) is 5.14. The van der Waals surface area contributed by atoms with Crippen LogP contribution < -0.4 is 15.5 Å². The molecule has 3 rings (SSSR count). The van der Waals surface area contributed by atoms with Crippen molar-refractivity contribution in [2.24, 2.45) is 4.99 Å². The zero-order valence-corrected chi connectivity index (χ0v) is 20.4. The minimum Gasteiger partial charge on any atom is -0.370 e. The van der Waals surface area contributed by atoms with Gasteiger partial charge in [-0.15, -0.1) is 24.0 Å². The minimum absolute atomic E-state index is 0. The Bertz CT molecular complexity index is 576. The van der Waals surface area contributed by atoms with Gasteiger partial charge in [0.15, 0.2) is 5.96 Å². The van der Waals surface area contributed by atoms with Crippen molar-refractivity contribution < 1.29 is 0 Å². The summed E-state index contributed by atoms with van der Waals surface area (Å²) in [6.07, 6.45) is 6.03. The first-order valence-corrected chi connectivity index (χ1v) is 12.2. The molecule has 2 fully saturated rings. The van der Waals surface area contributed by atoms with Crippen molar-refractivity contribution in [2.45, 2.75) is 44.0 Å². The van der Waals surface area contributed by atoms with E-state index in [0.717, 1.165) is 37.4 Å². The topological polar surface area (TPSA) is 39.7 Å². The predicted octanol–water partition coefficient (Wildman–Crippen LogP) is 4.20. The second kappa shape index (κ2) is 12.3. The van der Waals surface area contributed by atoms with Crippen LogP contribution in [0.2, 0.25) is 0 Å². The fourth-order valence-corrected chi connectivity index (χ4v) is 5.30. The SMILES string of the molecule is CCNC(=NCc1ccc(N2CCSCC2)cc1)NC1CCC(SC)C1.I. The molecule has 2 aliphatic rings. The third kappa shape index (κ3) is 7.24. The molecule has 27 heavy (non-hydrogen) atoms. The highest BCUT2D eigenvalue weighted by atomic mass is 127. The summed E-state index contributed by atoms with van der Waals surface area (Å²) in [4.78, 5) is 7.29. The highest BCUT2D eigenvalue weighted by molar-refractivity contribution is 14.0. The molecule has 0 bridgehead atoms. The van der Waals surface area contributed by atoms with E-state index in [9.17, 15) is 0 Å². The average Bonchev–Trinajstić information content (AvgIpc) is 3.15. The number of benzene rings is 1. The van der Waals surface area contributed by atoms with Gasteiger partial charge in [0, 0.05) is 48.1 Å². The molecule has 1 saturated heterocycles. The molecule has 4 nitrogen and oxygen atoms in total. The number of aliphatic imine (C=N–C) groups is 1. The van der Waals surface area contributed by atoms with Crippen LogP contribution in [0.25, 0.3) is 0 Å². The maximum Gasteiger partial charge on any atom is 0.191 e. The quantitative estimate of drug-likeness (QED) is 0.334. The molecule has 2 atom stereocenters. The van der Waals surface area contributed by atoms with Gasteiger partial charge >= 0.3 is 0 Å². The van der Waals surface area contributed by atoms with Crippen LogP contribution in [-0.4, -0.2) is 54.6 Å². The van der Waals surface area contributed by atoms with E-state index in [1.807, 2.05) is 11.8 Å². The number of anilines is 1. The van der Waals surface area contributed by atoms with Crippen LogP contribution in [0.5, 0.6) is 0 Å². The Morgan fingerprint density at radius 2 is 1.96 bits per heavy atom. The number of hydrogen-bond acceptors (Lipinski definition) is 4. The molecule has 1 saturated carbocycles. The normalized spacial score (nSPS) is 23.0. The number of rotatable bonds is 6. The van der Waals surface area contributed by atoms with Gasteiger partial charge in [-0.2, -0.15) is 23.5 Å². The van der Waals surface area contributed by atoms with Gasteiger partial charge in [0.1, 0.15) is 0 Å². The molecular formula is C20H33IN4S2. The molecule has 0 aromatic heterocycles. The molecule has 2 N–H and O–H groups in total. The molecule has 2 unspecified atom stereocenters. The fraction of sp³-hybridized carbons (Fsp3) is 0.650. The zero-order valence-electron chi connectivity index (χ0n) is 16.4.